The number of piperazine rings is 1. The van der Waals surface area contributed by atoms with Crippen LogP contribution in [0.2, 0.25) is 10.0 Å². The van der Waals surface area contributed by atoms with Gasteiger partial charge in [-0.2, -0.15) is 5.26 Å². The highest BCUT2D eigenvalue weighted by molar-refractivity contribution is 6.33. The minimum absolute atomic E-state index is 0.126. The molecule has 5 nitrogen and oxygen atoms in total. The lowest BCUT2D eigenvalue weighted by atomic mass is 10.0. The minimum Gasteiger partial charge on any atom is -0.444 e. The van der Waals surface area contributed by atoms with Gasteiger partial charge in [-0.05, 0) is 56.7 Å². The van der Waals surface area contributed by atoms with Gasteiger partial charge in [0.2, 0.25) is 0 Å². The van der Waals surface area contributed by atoms with Gasteiger partial charge in [0, 0.05) is 24.7 Å². The van der Waals surface area contributed by atoms with Gasteiger partial charge in [0.1, 0.15) is 5.60 Å². The highest BCUT2D eigenvalue weighted by atomic mass is 35.5. The zero-order valence-corrected chi connectivity index (χ0v) is 18.2. The Kier molecular flexibility index (Phi) is 6.26. The number of hydrogen-bond acceptors (Lipinski definition) is 4. The number of carbonyl (C=O) groups is 1. The molecular weight excluding hydrogens is 409 g/mol. The molecule has 1 aliphatic rings. The van der Waals surface area contributed by atoms with E-state index in [1.54, 1.807) is 17.0 Å². The number of rotatable bonds is 2. The highest BCUT2D eigenvalue weighted by Crippen LogP contribution is 2.36. The molecule has 7 heteroatoms. The Morgan fingerprint density at radius 1 is 1.14 bits per heavy atom. The highest BCUT2D eigenvalue weighted by Gasteiger charge is 2.33. The third kappa shape index (κ3) is 5.14. The first-order chi connectivity index (χ1) is 13.7. The van der Waals surface area contributed by atoms with Crippen LogP contribution < -0.4 is 4.90 Å². The van der Waals surface area contributed by atoms with Crippen LogP contribution in [-0.2, 0) is 4.74 Å². The molecule has 0 aromatic heterocycles. The van der Waals surface area contributed by atoms with Gasteiger partial charge in [0.05, 0.1) is 28.4 Å². The molecule has 3 rings (SSSR count). The molecule has 0 saturated carbocycles. The first kappa shape index (κ1) is 21.3. The molecule has 1 heterocycles. The van der Waals surface area contributed by atoms with Crippen LogP contribution in [-0.4, -0.2) is 36.2 Å². The van der Waals surface area contributed by atoms with Crippen LogP contribution in [0, 0.1) is 11.3 Å². The Bertz CT molecular complexity index is 933. The van der Waals surface area contributed by atoms with Crippen molar-refractivity contribution in [3.8, 4) is 6.07 Å². The van der Waals surface area contributed by atoms with Gasteiger partial charge in [0.25, 0.3) is 0 Å². The molecule has 1 saturated heterocycles. The molecule has 1 amide bonds. The van der Waals surface area contributed by atoms with E-state index in [4.69, 9.17) is 33.2 Å². The predicted molar refractivity (Wildman–Crippen MR) is 116 cm³/mol. The third-order valence-corrected chi connectivity index (χ3v) is 5.23. The van der Waals surface area contributed by atoms with Crippen molar-refractivity contribution >= 4 is 35.0 Å². The molecule has 0 unspecified atom stereocenters. The standard InChI is InChI=1S/C22H23Cl2N3O2/c1-22(2,3)29-21(28)26-10-11-27(19-9-4-15(13-25)12-18(19)24)20(14-26)16-5-7-17(23)8-6-16/h4-9,12,20H,10-11,14H2,1-3H3/t20-/m0/s1. The molecule has 0 radical (unpaired) electrons. The van der Waals surface area contributed by atoms with Crippen LogP contribution in [0.3, 0.4) is 0 Å². The fourth-order valence-electron chi connectivity index (χ4n) is 3.34. The van der Waals surface area contributed by atoms with Crippen LogP contribution in [0.4, 0.5) is 10.5 Å². The molecule has 0 aliphatic carbocycles. The fraction of sp³-hybridized carbons (Fsp3) is 0.364. The second kappa shape index (κ2) is 8.52. The van der Waals surface area contributed by atoms with E-state index in [1.165, 1.54) is 0 Å². The molecule has 29 heavy (non-hydrogen) atoms. The predicted octanol–water partition coefficient (Wildman–Crippen LogP) is 5.66. The van der Waals surface area contributed by atoms with Crippen molar-refractivity contribution in [3.63, 3.8) is 0 Å². The Morgan fingerprint density at radius 2 is 1.83 bits per heavy atom. The van der Waals surface area contributed by atoms with E-state index >= 15 is 0 Å². The number of amides is 1. The van der Waals surface area contributed by atoms with Crippen molar-refractivity contribution in [1.82, 2.24) is 4.90 Å². The van der Waals surface area contributed by atoms with Crippen molar-refractivity contribution in [2.75, 3.05) is 24.5 Å². The summed E-state index contributed by atoms with van der Waals surface area (Å²) in [6.07, 6.45) is -0.331. The van der Waals surface area contributed by atoms with Gasteiger partial charge in [-0.15, -0.1) is 0 Å². The first-order valence-electron chi connectivity index (χ1n) is 9.37. The summed E-state index contributed by atoms with van der Waals surface area (Å²) in [5.41, 5.74) is 1.80. The van der Waals surface area contributed by atoms with Crippen molar-refractivity contribution in [2.45, 2.75) is 32.4 Å². The number of hydrogen-bond donors (Lipinski definition) is 0. The van der Waals surface area contributed by atoms with E-state index < -0.39 is 5.60 Å². The number of anilines is 1. The molecule has 2 aromatic rings. The number of carbonyl (C=O) groups excluding carboxylic acids is 1. The van der Waals surface area contributed by atoms with Gasteiger partial charge in [-0.1, -0.05) is 35.3 Å². The maximum Gasteiger partial charge on any atom is 0.410 e. The molecule has 0 bridgehead atoms. The maximum atomic E-state index is 12.6. The summed E-state index contributed by atoms with van der Waals surface area (Å²) in [5, 5.41) is 10.3. The smallest absolute Gasteiger partial charge is 0.410 e. The topological polar surface area (TPSA) is 56.6 Å². The Balaban J connectivity index is 1.93. The normalized spacial score (nSPS) is 17.0. The molecule has 1 atom stereocenters. The largest absolute Gasteiger partial charge is 0.444 e. The lowest BCUT2D eigenvalue weighted by Gasteiger charge is -2.43. The Labute approximate surface area is 181 Å². The van der Waals surface area contributed by atoms with E-state index in [-0.39, 0.29) is 12.1 Å². The number of nitriles is 1. The molecule has 1 fully saturated rings. The van der Waals surface area contributed by atoms with Crippen LogP contribution in [0.5, 0.6) is 0 Å². The van der Waals surface area contributed by atoms with Crippen LogP contribution in [0.25, 0.3) is 0 Å². The summed E-state index contributed by atoms with van der Waals surface area (Å²) in [7, 11) is 0. The fourth-order valence-corrected chi connectivity index (χ4v) is 3.76. The van der Waals surface area contributed by atoms with Gasteiger partial charge < -0.3 is 14.5 Å². The quantitative estimate of drug-likeness (QED) is 0.614. The summed E-state index contributed by atoms with van der Waals surface area (Å²) in [5.74, 6) is 0. The molecule has 1 aliphatic heterocycles. The monoisotopic (exact) mass is 431 g/mol. The molecular formula is C22H23Cl2N3O2. The summed E-state index contributed by atoms with van der Waals surface area (Å²) in [6.45, 7) is 7.11. The second-order valence-electron chi connectivity index (χ2n) is 7.97. The van der Waals surface area contributed by atoms with Crippen molar-refractivity contribution in [2.24, 2.45) is 0 Å². The van der Waals surface area contributed by atoms with Crippen LogP contribution in [0.1, 0.15) is 37.9 Å². The Hall–Kier alpha value is -2.42. The summed E-state index contributed by atoms with van der Waals surface area (Å²) >= 11 is 12.6. The van der Waals surface area contributed by atoms with Crippen LogP contribution >= 0.6 is 23.2 Å². The average molecular weight is 432 g/mol. The summed E-state index contributed by atoms with van der Waals surface area (Å²) < 4.78 is 5.56. The third-order valence-electron chi connectivity index (χ3n) is 4.67. The SMILES string of the molecule is CC(C)(C)OC(=O)N1CCN(c2ccc(C#N)cc2Cl)[C@H](c2ccc(Cl)cc2)C1. The van der Waals surface area contributed by atoms with Gasteiger partial charge in [-0.3, -0.25) is 0 Å². The first-order valence-corrected chi connectivity index (χ1v) is 10.1. The van der Waals surface area contributed by atoms with Crippen molar-refractivity contribution in [1.29, 1.82) is 5.26 Å². The van der Waals surface area contributed by atoms with E-state index in [2.05, 4.69) is 11.0 Å². The number of nitrogens with zero attached hydrogens (tertiary/aromatic N) is 3. The lowest BCUT2D eigenvalue weighted by molar-refractivity contribution is 0.0214. The number of ether oxygens (including phenoxy) is 1. The maximum absolute atomic E-state index is 12.6. The summed E-state index contributed by atoms with van der Waals surface area (Å²) in [4.78, 5) is 16.5. The molecule has 0 N–H and O–H groups in total. The zero-order valence-electron chi connectivity index (χ0n) is 16.7. The summed E-state index contributed by atoms with van der Waals surface area (Å²) in [6, 6.07) is 14.8. The number of halogens is 2. The van der Waals surface area contributed by atoms with E-state index in [1.807, 2.05) is 51.1 Å². The lowest BCUT2D eigenvalue weighted by Crippen LogP contribution is -2.51. The van der Waals surface area contributed by atoms with E-state index in [9.17, 15) is 4.79 Å². The average Bonchev–Trinajstić information content (AvgIpc) is 2.67. The van der Waals surface area contributed by atoms with E-state index in [0.717, 1.165) is 11.3 Å². The van der Waals surface area contributed by atoms with Gasteiger partial charge in [0.15, 0.2) is 0 Å². The number of benzene rings is 2. The van der Waals surface area contributed by atoms with Crippen molar-refractivity contribution in [3.05, 3.63) is 63.6 Å². The van der Waals surface area contributed by atoms with E-state index in [0.29, 0.717) is 35.2 Å². The van der Waals surface area contributed by atoms with Crippen molar-refractivity contribution < 1.29 is 9.53 Å². The molecule has 2 aromatic carbocycles. The Morgan fingerprint density at radius 3 is 2.41 bits per heavy atom. The minimum atomic E-state index is -0.555. The molecule has 0 spiro atoms. The van der Waals surface area contributed by atoms with Gasteiger partial charge in [-0.25, -0.2) is 4.79 Å². The van der Waals surface area contributed by atoms with Gasteiger partial charge >= 0.3 is 6.09 Å². The molecule has 152 valence electrons. The second-order valence-corrected chi connectivity index (χ2v) is 8.81. The zero-order chi connectivity index (χ0) is 21.2. The van der Waals surface area contributed by atoms with Crippen LogP contribution in [0.15, 0.2) is 42.5 Å².